The first-order valence-electron chi connectivity index (χ1n) is 3.90. The van der Waals surface area contributed by atoms with Crippen LogP contribution in [0.5, 0.6) is 0 Å². The molecule has 4 N–H and O–H groups in total. The lowest BCUT2D eigenvalue weighted by Crippen LogP contribution is -2.43. The highest BCUT2D eigenvalue weighted by atomic mass is 32.2. The Labute approximate surface area is 87.0 Å². The van der Waals surface area contributed by atoms with E-state index in [9.17, 15) is 18.0 Å². The van der Waals surface area contributed by atoms with Gasteiger partial charge in [0.25, 0.3) is 0 Å². The molecular weight excluding hydrogens is 224 g/mol. The van der Waals surface area contributed by atoms with Crippen molar-refractivity contribution in [2.45, 2.75) is 12.5 Å². The first-order valence-corrected chi connectivity index (χ1v) is 5.55. The van der Waals surface area contributed by atoms with Gasteiger partial charge in [0, 0.05) is 0 Å². The summed E-state index contributed by atoms with van der Waals surface area (Å²) in [5, 5.41) is 8.59. The molecule has 0 heterocycles. The molecule has 0 spiro atoms. The number of carbonyl (C=O) groups excluding carboxylic acids is 1. The van der Waals surface area contributed by atoms with Gasteiger partial charge in [0.15, 0.2) is 0 Å². The fourth-order valence-electron chi connectivity index (χ4n) is 0.801. The second-order valence-corrected chi connectivity index (χ2v) is 4.55. The summed E-state index contributed by atoms with van der Waals surface area (Å²) in [5.74, 6) is -2.78. The van der Waals surface area contributed by atoms with Crippen molar-refractivity contribution in [1.29, 1.82) is 0 Å². The van der Waals surface area contributed by atoms with E-state index in [-0.39, 0.29) is 0 Å². The number of nitrogens with two attached hydrogens (primary N) is 1. The summed E-state index contributed by atoms with van der Waals surface area (Å²) in [6.07, 6.45) is 0.511. The summed E-state index contributed by atoms with van der Waals surface area (Å²) in [6, 6.07) is -1.53. The smallest absolute Gasteiger partial charge is 0.322 e. The van der Waals surface area contributed by atoms with E-state index >= 15 is 0 Å². The van der Waals surface area contributed by atoms with Crippen molar-refractivity contribution in [1.82, 2.24) is 4.72 Å². The fraction of sp³-hybridized carbons (Fsp3) is 0.429. The number of hydrogen-bond acceptors (Lipinski definition) is 4. The summed E-state index contributed by atoms with van der Waals surface area (Å²) in [5.41, 5.74) is 4.77. The van der Waals surface area contributed by atoms with E-state index in [0.717, 1.165) is 6.08 Å². The van der Waals surface area contributed by atoms with E-state index in [1.165, 1.54) is 0 Å². The second kappa shape index (κ2) is 5.47. The molecule has 0 fully saturated rings. The normalized spacial score (nSPS) is 13.1. The maximum Gasteiger partial charge on any atom is 0.322 e. The molecule has 1 unspecified atom stereocenters. The van der Waals surface area contributed by atoms with Crippen molar-refractivity contribution in [3.8, 4) is 0 Å². The molecule has 86 valence electrons. The summed E-state index contributed by atoms with van der Waals surface area (Å²) in [4.78, 5) is 21.0. The number of primary amides is 1. The molecule has 0 aliphatic rings. The van der Waals surface area contributed by atoms with Crippen LogP contribution in [0.25, 0.3) is 0 Å². The molecule has 0 saturated heterocycles. The minimum atomic E-state index is -3.78. The minimum absolute atomic E-state index is 0.421. The van der Waals surface area contributed by atoms with Gasteiger partial charge in [-0.05, 0) is 0 Å². The van der Waals surface area contributed by atoms with Crippen LogP contribution in [0.1, 0.15) is 6.42 Å². The molecule has 0 aromatic carbocycles. The maximum atomic E-state index is 11.1. The van der Waals surface area contributed by atoms with E-state index in [1.54, 1.807) is 0 Å². The lowest BCUT2D eigenvalue weighted by atomic mass is 10.2. The second-order valence-electron chi connectivity index (χ2n) is 2.75. The van der Waals surface area contributed by atoms with Crippen molar-refractivity contribution < 1.29 is 23.1 Å². The van der Waals surface area contributed by atoms with Gasteiger partial charge in [-0.2, -0.15) is 0 Å². The zero-order chi connectivity index (χ0) is 12.1. The molecule has 1 atom stereocenters. The zero-order valence-corrected chi connectivity index (χ0v) is 8.66. The third kappa shape index (κ3) is 5.81. The predicted molar refractivity (Wildman–Crippen MR) is 52.4 cm³/mol. The predicted octanol–water partition coefficient (Wildman–Crippen LogP) is -1.58. The average molecular weight is 236 g/mol. The largest absolute Gasteiger partial charge is 0.480 e. The fourth-order valence-corrected chi connectivity index (χ4v) is 1.82. The average Bonchev–Trinajstić information content (AvgIpc) is 2.00. The number of carbonyl (C=O) groups is 2. The molecule has 0 bridgehead atoms. The van der Waals surface area contributed by atoms with Crippen LogP contribution < -0.4 is 10.5 Å². The molecule has 0 saturated carbocycles. The third-order valence-electron chi connectivity index (χ3n) is 1.36. The Morgan fingerprint density at radius 3 is 2.40 bits per heavy atom. The van der Waals surface area contributed by atoms with Gasteiger partial charge in [0.1, 0.15) is 6.04 Å². The Balaban J connectivity index is 4.61. The molecule has 0 radical (unpaired) electrons. The SMILES string of the molecule is C=CCS(=O)(=O)NC(CC(N)=O)C(=O)O. The molecular formula is C7H12N2O5S. The molecule has 0 aromatic heterocycles. The highest BCUT2D eigenvalue weighted by Crippen LogP contribution is 1.96. The zero-order valence-electron chi connectivity index (χ0n) is 7.84. The minimum Gasteiger partial charge on any atom is -0.480 e. The lowest BCUT2D eigenvalue weighted by molar-refractivity contribution is -0.140. The Morgan fingerprint density at radius 2 is 2.07 bits per heavy atom. The van der Waals surface area contributed by atoms with Gasteiger partial charge in [0.05, 0.1) is 12.2 Å². The summed E-state index contributed by atoms with van der Waals surface area (Å²) >= 11 is 0. The Kier molecular flexibility index (Phi) is 4.95. The number of aliphatic carboxylic acids is 1. The topological polar surface area (TPSA) is 127 Å². The van der Waals surface area contributed by atoms with Gasteiger partial charge in [0.2, 0.25) is 15.9 Å². The number of carboxylic acid groups (broad SMARTS) is 1. The van der Waals surface area contributed by atoms with Crippen molar-refractivity contribution in [3.63, 3.8) is 0 Å². The van der Waals surface area contributed by atoms with Crippen LogP contribution >= 0.6 is 0 Å². The van der Waals surface area contributed by atoms with Crippen LogP contribution in [-0.2, 0) is 19.6 Å². The van der Waals surface area contributed by atoms with Crippen LogP contribution in [-0.4, -0.2) is 37.2 Å². The van der Waals surface area contributed by atoms with Crippen LogP contribution in [0.2, 0.25) is 0 Å². The monoisotopic (exact) mass is 236 g/mol. The highest BCUT2D eigenvalue weighted by Gasteiger charge is 2.24. The number of carboxylic acids is 1. The summed E-state index contributed by atoms with van der Waals surface area (Å²) in [6.45, 7) is 3.20. The summed E-state index contributed by atoms with van der Waals surface area (Å²) in [7, 11) is -3.78. The van der Waals surface area contributed by atoms with Crippen molar-refractivity contribution in [2.24, 2.45) is 5.73 Å². The molecule has 0 aliphatic carbocycles. The Bertz CT molecular complexity index is 362. The highest BCUT2D eigenvalue weighted by molar-refractivity contribution is 7.89. The first kappa shape index (κ1) is 13.6. The molecule has 0 aromatic rings. The van der Waals surface area contributed by atoms with Gasteiger partial charge in [-0.25, -0.2) is 13.1 Å². The van der Waals surface area contributed by atoms with Crippen molar-refractivity contribution in [3.05, 3.63) is 12.7 Å². The van der Waals surface area contributed by atoms with E-state index in [1.807, 2.05) is 4.72 Å². The van der Waals surface area contributed by atoms with E-state index < -0.39 is 40.1 Å². The van der Waals surface area contributed by atoms with E-state index in [4.69, 9.17) is 10.8 Å². The Hall–Kier alpha value is -1.41. The standard InChI is InChI=1S/C7H12N2O5S/c1-2-3-15(13,14)9-5(7(11)12)4-6(8)10/h2,5,9H,1,3-4H2,(H2,8,10)(H,11,12). The number of nitrogens with one attached hydrogen (secondary N) is 1. The van der Waals surface area contributed by atoms with Crippen LogP contribution in [0.4, 0.5) is 0 Å². The lowest BCUT2D eigenvalue weighted by Gasteiger charge is -2.11. The van der Waals surface area contributed by atoms with E-state index in [0.29, 0.717) is 0 Å². The van der Waals surface area contributed by atoms with Crippen LogP contribution in [0.15, 0.2) is 12.7 Å². The first-order chi connectivity index (χ1) is 6.78. The number of hydrogen-bond donors (Lipinski definition) is 3. The number of amides is 1. The van der Waals surface area contributed by atoms with Gasteiger partial charge in [-0.3, -0.25) is 9.59 Å². The van der Waals surface area contributed by atoms with Crippen LogP contribution in [0, 0.1) is 0 Å². The molecule has 0 aliphatic heterocycles. The van der Waals surface area contributed by atoms with E-state index in [2.05, 4.69) is 6.58 Å². The molecule has 1 amide bonds. The molecule has 8 heteroatoms. The number of sulfonamides is 1. The molecule has 0 rings (SSSR count). The Morgan fingerprint density at radius 1 is 1.53 bits per heavy atom. The summed E-state index contributed by atoms with van der Waals surface area (Å²) < 4.78 is 24.1. The molecule has 7 nitrogen and oxygen atoms in total. The quantitative estimate of drug-likeness (QED) is 0.460. The molecule has 15 heavy (non-hydrogen) atoms. The van der Waals surface area contributed by atoms with Crippen molar-refractivity contribution in [2.75, 3.05) is 5.75 Å². The third-order valence-corrected chi connectivity index (χ3v) is 2.68. The van der Waals surface area contributed by atoms with Gasteiger partial charge >= 0.3 is 5.97 Å². The van der Waals surface area contributed by atoms with Gasteiger partial charge in [-0.15, -0.1) is 6.58 Å². The van der Waals surface area contributed by atoms with Crippen molar-refractivity contribution >= 4 is 21.9 Å². The van der Waals surface area contributed by atoms with Gasteiger partial charge < -0.3 is 10.8 Å². The number of rotatable bonds is 7. The van der Waals surface area contributed by atoms with Gasteiger partial charge in [-0.1, -0.05) is 6.08 Å². The van der Waals surface area contributed by atoms with Crippen LogP contribution in [0.3, 0.4) is 0 Å². The maximum absolute atomic E-state index is 11.1.